The molecule has 2 aromatic rings. The van der Waals surface area contributed by atoms with E-state index in [0.29, 0.717) is 23.2 Å². The molecule has 0 radical (unpaired) electrons. The smallest absolute Gasteiger partial charge is 0.292 e. The average Bonchev–Trinajstić information content (AvgIpc) is 2.48. The Labute approximate surface area is 124 Å². The molecule has 21 heavy (non-hydrogen) atoms. The third-order valence-electron chi connectivity index (χ3n) is 2.80. The average molecular weight is 306 g/mol. The summed E-state index contributed by atoms with van der Waals surface area (Å²) in [6, 6.07) is 4.79. The van der Waals surface area contributed by atoms with E-state index in [1.165, 1.54) is 0 Å². The molecule has 0 saturated heterocycles. The molecule has 2 rings (SSSR count). The first kappa shape index (κ1) is 14.7. The van der Waals surface area contributed by atoms with Crippen LogP contribution in [0, 0.1) is 0 Å². The van der Waals surface area contributed by atoms with Gasteiger partial charge in [0.1, 0.15) is 10.7 Å². The van der Waals surface area contributed by atoms with E-state index in [4.69, 9.17) is 23.1 Å². The second-order valence-corrected chi connectivity index (χ2v) is 4.53. The van der Waals surface area contributed by atoms with Crippen molar-refractivity contribution >= 4 is 35.5 Å². The van der Waals surface area contributed by atoms with Gasteiger partial charge in [0.15, 0.2) is 6.29 Å². The first-order valence-electron chi connectivity index (χ1n) is 5.85. The molecule has 7 nitrogen and oxygen atoms in total. The van der Waals surface area contributed by atoms with Crippen molar-refractivity contribution in [3.05, 3.63) is 44.8 Å². The Kier molecular flexibility index (Phi) is 4.04. The Morgan fingerprint density at radius 3 is 2.71 bits per heavy atom. The monoisotopic (exact) mass is 305 g/mol. The second kappa shape index (κ2) is 5.76. The lowest BCUT2D eigenvalue weighted by Crippen LogP contribution is -2.25. The summed E-state index contributed by atoms with van der Waals surface area (Å²) in [6.45, 7) is 0. The zero-order valence-corrected chi connectivity index (χ0v) is 11.8. The van der Waals surface area contributed by atoms with E-state index in [1.807, 2.05) is 0 Å². The zero-order valence-electron chi connectivity index (χ0n) is 11.1. The molecule has 0 aliphatic carbocycles. The van der Waals surface area contributed by atoms with E-state index >= 15 is 0 Å². The predicted octanol–water partition coefficient (Wildman–Crippen LogP) is 0.911. The summed E-state index contributed by atoms with van der Waals surface area (Å²) in [4.78, 5) is 26.9. The molecule has 0 amide bonds. The number of rotatable bonds is 3. The third-order valence-corrected chi connectivity index (χ3v) is 3.16. The molecular formula is C13H12ClN5O2. The number of nitrogen functional groups attached to an aromatic ring is 2. The van der Waals surface area contributed by atoms with Crippen molar-refractivity contribution in [3.63, 3.8) is 0 Å². The number of aldehydes is 1. The van der Waals surface area contributed by atoms with Crippen LogP contribution in [0.25, 0.3) is 5.69 Å². The molecule has 0 spiro atoms. The van der Waals surface area contributed by atoms with Crippen LogP contribution in [0.15, 0.2) is 28.0 Å². The van der Waals surface area contributed by atoms with Gasteiger partial charge in [-0.3, -0.25) is 14.6 Å². The lowest BCUT2D eigenvalue weighted by Gasteiger charge is -2.10. The van der Waals surface area contributed by atoms with E-state index in [1.54, 1.807) is 31.5 Å². The third kappa shape index (κ3) is 2.63. The highest BCUT2D eigenvalue weighted by molar-refractivity contribution is 6.33. The highest BCUT2D eigenvalue weighted by Gasteiger charge is 2.14. The van der Waals surface area contributed by atoms with Gasteiger partial charge < -0.3 is 11.5 Å². The van der Waals surface area contributed by atoms with E-state index in [2.05, 4.69) is 10.1 Å². The number of hydrogen-bond acceptors (Lipinski definition) is 6. The first-order valence-corrected chi connectivity index (χ1v) is 6.23. The molecular weight excluding hydrogens is 294 g/mol. The van der Waals surface area contributed by atoms with Crippen molar-refractivity contribution in [3.8, 4) is 5.69 Å². The molecule has 0 aliphatic heterocycles. The highest BCUT2D eigenvalue weighted by Crippen LogP contribution is 2.18. The number of halogens is 1. The maximum absolute atomic E-state index is 12.1. The molecule has 108 valence electrons. The van der Waals surface area contributed by atoms with Gasteiger partial charge >= 0.3 is 0 Å². The molecule has 0 unspecified atom stereocenters. The van der Waals surface area contributed by atoms with Crippen LogP contribution in [0.3, 0.4) is 0 Å². The molecule has 0 aliphatic rings. The molecule has 8 heteroatoms. The van der Waals surface area contributed by atoms with Gasteiger partial charge in [-0.05, 0) is 18.2 Å². The maximum Gasteiger partial charge on any atom is 0.292 e. The van der Waals surface area contributed by atoms with Gasteiger partial charge in [0.2, 0.25) is 0 Å². The Balaban J connectivity index is 2.73. The summed E-state index contributed by atoms with van der Waals surface area (Å²) in [5.74, 6) is 0. The number of carbonyl (C=O) groups is 1. The fourth-order valence-corrected chi connectivity index (χ4v) is 1.91. The number of benzene rings is 1. The largest absolute Gasteiger partial charge is 0.398 e. The van der Waals surface area contributed by atoms with Crippen molar-refractivity contribution in [1.82, 2.24) is 9.78 Å². The Hall–Kier alpha value is -2.67. The van der Waals surface area contributed by atoms with Gasteiger partial charge in [0, 0.05) is 24.5 Å². The molecule has 4 N–H and O–H groups in total. The van der Waals surface area contributed by atoms with Crippen molar-refractivity contribution in [1.29, 1.82) is 0 Å². The summed E-state index contributed by atoms with van der Waals surface area (Å²) in [5, 5.41) is 3.64. The molecule has 0 atom stereocenters. The molecule has 0 saturated carbocycles. The van der Waals surface area contributed by atoms with Crippen LogP contribution in [0.4, 0.5) is 11.4 Å². The minimum absolute atomic E-state index is 0.109. The first-order chi connectivity index (χ1) is 9.99. The number of nitrogens with two attached hydrogens (primary N) is 2. The van der Waals surface area contributed by atoms with Gasteiger partial charge in [-0.1, -0.05) is 11.6 Å². The van der Waals surface area contributed by atoms with Crippen molar-refractivity contribution < 1.29 is 4.79 Å². The minimum Gasteiger partial charge on any atom is -0.398 e. The quantitative estimate of drug-likeness (QED) is 0.496. The Morgan fingerprint density at radius 1 is 1.38 bits per heavy atom. The van der Waals surface area contributed by atoms with Crippen LogP contribution in [0.5, 0.6) is 0 Å². The van der Waals surface area contributed by atoms with E-state index in [-0.39, 0.29) is 16.4 Å². The summed E-state index contributed by atoms with van der Waals surface area (Å²) >= 11 is 5.84. The standard InChI is InChI=1S/C13H12ClN5O2/c1-17-5-7-4-8(2-3-9(7)15)19-13(21)11(14)12(16)10(6-20)18-19/h2-6H,15-16H2,1H3. The number of aromatic nitrogens is 2. The lowest BCUT2D eigenvalue weighted by molar-refractivity contribution is 0.111. The van der Waals surface area contributed by atoms with Crippen LogP contribution in [0.2, 0.25) is 5.02 Å². The molecule has 1 aromatic heterocycles. The number of nitrogens with zero attached hydrogens (tertiary/aromatic N) is 3. The van der Waals surface area contributed by atoms with Crippen molar-refractivity contribution in [2.24, 2.45) is 4.99 Å². The summed E-state index contributed by atoms with van der Waals surface area (Å²) in [7, 11) is 1.60. The number of hydrogen-bond donors (Lipinski definition) is 2. The number of carbonyl (C=O) groups excluding carboxylic acids is 1. The van der Waals surface area contributed by atoms with Gasteiger partial charge in [0.05, 0.1) is 11.4 Å². The Bertz CT molecular complexity index is 798. The van der Waals surface area contributed by atoms with Crippen LogP contribution < -0.4 is 17.0 Å². The van der Waals surface area contributed by atoms with Crippen LogP contribution in [0.1, 0.15) is 16.1 Å². The zero-order chi connectivity index (χ0) is 15.6. The minimum atomic E-state index is -0.621. The predicted molar refractivity (Wildman–Crippen MR) is 82.6 cm³/mol. The van der Waals surface area contributed by atoms with Gasteiger partial charge in [0.25, 0.3) is 5.56 Å². The van der Waals surface area contributed by atoms with Crippen LogP contribution in [-0.2, 0) is 0 Å². The molecule has 0 bridgehead atoms. The van der Waals surface area contributed by atoms with Crippen molar-refractivity contribution in [2.75, 3.05) is 18.5 Å². The van der Waals surface area contributed by atoms with Crippen LogP contribution >= 0.6 is 11.6 Å². The lowest BCUT2D eigenvalue weighted by atomic mass is 10.1. The fraction of sp³-hybridized carbons (Fsp3) is 0.0769. The van der Waals surface area contributed by atoms with E-state index in [0.717, 1.165) is 4.68 Å². The SMILES string of the molecule is CN=Cc1cc(-n2nc(C=O)c(N)c(Cl)c2=O)ccc1N. The molecule has 1 aromatic carbocycles. The fourth-order valence-electron chi connectivity index (χ4n) is 1.73. The summed E-state index contributed by atoms with van der Waals surface area (Å²) < 4.78 is 0.995. The van der Waals surface area contributed by atoms with Gasteiger partial charge in [-0.2, -0.15) is 9.78 Å². The normalized spacial score (nSPS) is 11.0. The van der Waals surface area contributed by atoms with E-state index in [9.17, 15) is 9.59 Å². The highest BCUT2D eigenvalue weighted by atomic mass is 35.5. The van der Waals surface area contributed by atoms with Gasteiger partial charge in [-0.25, -0.2) is 0 Å². The summed E-state index contributed by atoms with van der Waals surface area (Å²) in [5.41, 5.74) is 12.0. The maximum atomic E-state index is 12.1. The second-order valence-electron chi connectivity index (χ2n) is 4.15. The topological polar surface area (TPSA) is 116 Å². The van der Waals surface area contributed by atoms with Crippen molar-refractivity contribution in [2.45, 2.75) is 0 Å². The van der Waals surface area contributed by atoms with Crippen LogP contribution in [-0.4, -0.2) is 29.3 Å². The Morgan fingerprint density at radius 2 is 2.10 bits per heavy atom. The summed E-state index contributed by atoms with van der Waals surface area (Å²) in [6.07, 6.45) is 1.98. The van der Waals surface area contributed by atoms with E-state index < -0.39 is 5.56 Å². The molecule has 0 fully saturated rings. The molecule has 1 heterocycles. The number of aliphatic imine (C=N–C) groups is 1. The number of anilines is 2. The van der Waals surface area contributed by atoms with Gasteiger partial charge in [-0.15, -0.1) is 0 Å².